The molecule has 0 bridgehead atoms. The van der Waals surface area contributed by atoms with Gasteiger partial charge in [0, 0.05) is 43.0 Å². The van der Waals surface area contributed by atoms with Crippen LogP contribution in [0.3, 0.4) is 0 Å². The van der Waals surface area contributed by atoms with E-state index >= 15 is 4.39 Å². The van der Waals surface area contributed by atoms with Crippen LogP contribution in [0.15, 0.2) is 35.4 Å². The molecule has 4 aromatic rings. The van der Waals surface area contributed by atoms with Gasteiger partial charge in [0.25, 0.3) is 5.56 Å². The van der Waals surface area contributed by atoms with Crippen LogP contribution in [0.5, 0.6) is 0 Å². The summed E-state index contributed by atoms with van der Waals surface area (Å²) < 4.78 is 93.5. The molecule has 0 radical (unpaired) electrons. The Morgan fingerprint density at radius 3 is 2.54 bits per heavy atom. The highest BCUT2D eigenvalue weighted by molar-refractivity contribution is 5.92. The van der Waals surface area contributed by atoms with Crippen molar-refractivity contribution >= 4 is 10.9 Å². The largest absolute Gasteiger partial charge is 0.449 e. The molecule has 1 saturated carbocycles. The zero-order chi connectivity index (χ0) is 27.6. The fourth-order valence-electron chi connectivity index (χ4n) is 5.05. The van der Waals surface area contributed by atoms with Crippen molar-refractivity contribution in [1.82, 2.24) is 24.3 Å². The van der Waals surface area contributed by atoms with Gasteiger partial charge >= 0.3 is 6.18 Å². The summed E-state index contributed by atoms with van der Waals surface area (Å²) in [5, 5.41) is 3.61. The number of pyridine rings is 1. The molecule has 3 aromatic heterocycles. The number of hydrogen-bond acceptors (Lipinski definition) is 5. The molecule has 39 heavy (non-hydrogen) atoms. The van der Waals surface area contributed by atoms with E-state index in [0.717, 1.165) is 37.6 Å². The SMILES string of the molecule is Cn1c(C(F)(F)F)nc2c(-c3ccc(F)cc3F)nc(C3CCOC(c4cnn(C5CC5)c4)C3)c(F)c2c1=O. The maximum atomic E-state index is 16.0. The van der Waals surface area contributed by atoms with E-state index in [1.165, 1.54) is 0 Å². The lowest BCUT2D eigenvalue weighted by Gasteiger charge is -2.29. The molecule has 2 aliphatic rings. The highest BCUT2D eigenvalue weighted by Gasteiger charge is 2.39. The van der Waals surface area contributed by atoms with E-state index in [1.54, 1.807) is 6.20 Å². The molecular weight excluding hydrogens is 528 g/mol. The Kier molecular flexibility index (Phi) is 6.01. The van der Waals surface area contributed by atoms with Gasteiger partial charge in [-0.3, -0.25) is 14.0 Å². The standard InChI is InChI=1S/C26H21F6N5O2/c1-36-24(38)19-20(29)21(12-6-7-39-18(8-12)13-10-33-37(11-13)15-3-4-15)34-22(16-5-2-14(27)9-17(16)28)23(19)35-25(36)26(30,31)32/h2,5,9-12,15,18H,3-4,6-8H2,1H3. The van der Waals surface area contributed by atoms with Crippen LogP contribution in [-0.2, 0) is 18.0 Å². The fourth-order valence-corrected chi connectivity index (χ4v) is 5.05. The van der Waals surface area contributed by atoms with Gasteiger partial charge in [-0.2, -0.15) is 18.3 Å². The van der Waals surface area contributed by atoms with E-state index in [0.29, 0.717) is 18.5 Å². The summed E-state index contributed by atoms with van der Waals surface area (Å²) in [4.78, 5) is 20.9. The highest BCUT2D eigenvalue weighted by atomic mass is 19.4. The van der Waals surface area contributed by atoms with Crippen LogP contribution in [-0.4, -0.2) is 30.9 Å². The lowest BCUT2D eigenvalue weighted by molar-refractivity contribution is -0.147. The molecule has 0 N–H and O–H groups in total. The first kappa shape index (κ1) is 25.5. The quantitative estimate of drug-likeness (QED) is 0.310. The van der Waals surface area contributed by atoms with Gasteiger partial charge in [0.15, 0.2) is 5.82 Å². The maximum absolute atomic E-state index is 16.0. The van der Waals surface area contributed by atoms with Crippen LogP contribution >= 0.6 is 0 Å². The number of halogens is 6. The summed E-state index contributed by atoms with van der Waals surface area (Å²) in [5.41, 5.74) is -2.39. The summed E-state index contributed by atoms with van der Waals surface area (Å²) in [6.07, 6.45) is 0.613. The summed E-state index contributed by atoms with van der Waals surface area (Å²) in [5.74, 6) is -5.42. The van der Waals surface area contributed by atoms with Crippen molar-refractivity contribution in [2.75, 3.05) is 6.61 Å². The van der Waals surface area contributed by atoms with E-state index < -0.39 is 69.2 Å². The molecule has 0 spiro atoms. The first-order chi connectivity index (χ1) is 18.5. The van der Waals surface area contributed by atoms with Gasteiger partial charge in [0.05, 0.1) is 24.0 Å². The molecule has 1 aromatic carbocycles. The molecular formula is C26H21F6N5O2. The van der Waals surface area contributed by atoms with Crippen molar-refractivity contribution in [3.05, 3.63) is 75.5 Å². The van der Waals surface area contributed by atoms with Gasteiger partial charge in [-0.15, -0.1) is 0 Å². The smallest absolute Gasteiger partial charge is 0.373 e. The van der Waals surface area contributed by atoms with E-state index in [4.69, 9.17) is 4.74 Å². The van der Waals surface area contributed by atoms with Gasteiger partial charge in [-0.1, -0.05) is 0 Å². The molecule has 2 unspecified atom stereocenters. The summed E-state index contributed by atoms with van der Waals surface area (Å²) in [6.45, 7) is 0.215. The molecule has 6 rings (SSSR count). The summed E-state index contributed by atoms with van der Waals surface area (Å²) in [6, 6.07) is 2.73. The maximum Gasteiger partial charge on any atom is 0.449 e. The molecule has 2 fully saturated rings. The van der Waals surface area contributed by atoms with E-state index in [1.807, 2.05) is 10.9 Å². The van der Waals surface area contributed by atoms with Crippen molar-refractivity contribution in [2.24, 2.45) is 7.05 Å². The fraction of sp³-hybridized carbons (Fsp3) is 0.385. The Bertz CT molecular complexity index is 1660. The Labute approximate surface area is 217 Å². The lowest BCUT2D eigenvalue weighted by atomic mass is 9.88. The van der Waals surface area contributed by atoms with Crippen molar-refractivity contribution in [2.45, 2.75) is 49.9 Å². The average Bonchev–Trinajstić information content (AvgIpc) is 3.62. The van der Waals surface area contributed by atoms with Crippen LogP contribution in [0.2, 0.25) is 0 Å². The minimum Gasteiger partial charge on any atom is -0.373 e. The summed E-state index contributed by atoms with van der Waals surface area (Å²) >= 11 is 0. The Morgan fingerprint density at radius 1 is 1.08 bits per heavy atom. The van der Waals surface area contributed by atoms with Crippen molar-refractivity contribution < 1.29 is 31.1 Å². The minimum atomic E-state index is -5.06. The van der Waals surface area contributed by atoms with E-state index in [2.05, 4.69) is 15.1 Å². The van der Waals surface area contributed by atoms with Crippen LogP contribution in [0.1, 0.15) is 60.8 Å². The molecule has 1 aliphatic heterocycles. The highest BCUT2D eigenvalue weighted by Crippen LogP contribution is 2.42. The van der Waals surface area contributed by atoms with Gasteiger partial charge < -0.3 is 4.74 Å². The third-order valence-corrected chi connectivity index (χ3v) is 7.22. The minimum absolute atomic E-state index is 0.207. The van der Waals surface area contributed by atoms with Gasteiger partial charge in [0.1, 0.15) is 28.2 Å². The molecule has 1 saturated heterocycles. The van der Waals surface area contributed by atoms with Gasteiger partial charge in [-0.05, 0) is 37.8 Å². The zero-order valence-corrected chi connectivity index (χ0v) is 20.5. The molecule has 204 valence electrons. The monoisotopic (exact) mass is 549 g/mol. The van der Waals surface area contributed by atoms with Gasteiger partial charge in [-0.25, -0.2) is 23.1 Å². The van der Waals surface area contributed by atoms with Crippen molar-refractivity contribution in [3.63, 3.8) is 0 Å². The number of fused-ring (bicyclic) bond motifs is 1. The van der Waals surface area contributed by atoms with Crippen LogP contribution in [0.25, 0.3) is 22.2 Å². The molecule has 1 aliphatic carbocycles. The van der Waals surface area contributed by atoms with Crippen molar-refractivity contribution in [3.8, 4) is 11.3 Å². The first-order valence-corrected chi connectivity index (χ1v) is 12.3. The first-order valence-electron chi connectivity index (χ1n) is 12.3. The van der Waals surface area contributed by atoms with Gasteiger partial charge in [0.2, 0.25) is 5.82 Å². The topological polar surface area (TPSA) is 74.8 Å². The van der Waals surface area contributed by atoms with Crippen LogP contribution in [0, 0.1) is 17.5 Å². The predicted molar refractivity (Wildman–Crippen MR) is 126 cm³/mol. The number of hydrogen-bond donors (Lipinski definition) is 0. The number of benzene rings is 1. The third kappa shape index (κ3) is 4.48. The molecule has 4 heterocycles. The summed E-state index contributed by atoms with van der Waals surface area (Å²) in [7, 11) is 0.831. The molecule has 0 amide bonds. The molecule has 13 heteroatoms. The Balaban J connectivity index is 1.53. The van der Waals surface area contributed by atoms with Crippen LogP contribution in [0.4, 0.5) is 26.3 Å². The predicted octanol–water partition coefficient (Wildman–Crippen LogP) is 5.60. The number of nitrogens with zero attached hydrogens (tertiary/aromatic N) is 5. The molecule has 2 atom stereocenters. The van der Waals surface area contributed by atoms with E-state index in [9.17, 15) is 26.7 Å². The second-order valence-electron chi connectivity index (χ2n) is 9.87. The number of aromatic nitrogens is 5. The lowest BCUT2D eigenvalue weighted by Crippen LogP contribution is -2.29. The third-order valence-electron chi connectivity index (χ3n) is 7.22. The number of ether oxygens (including phenoxy) is 1. The number of rotatable bonds is 4. The Hall–Kier alpha value is -3.74. The second kappa shape index (κ2) is 9.18. The number of alkyl halides is 3. The van der Waals surface area contributed by atoms with Crippen molar-refractivity contribution in [1.29, 1.82) is 0 Å². The zero-order valence-electron chi connectivity index (χ0n) is 20.5. The normalized spacial score (nSPS) is 20.1. The van der Waals surface area contributed by atoms with E-state index in [-0.39, 0.29) is 23.3 Å². The average molecular weight is 549 g/mol. The van der Waals surface area contributed by atoms with Crippen LogP contribution < -0.4 is 5.56 Å². The Morgan fingerprint density at radius 2 is 1.85 bits per heavy atom. The second-order valence-corrected chi connectivity index (χ2v) is 9.87. The molecule has 7 nitrogen and oxygen atoms in total.